The summed E-state index contributed by atoms with van der Waals surface area (Å²) in [7, 11) is 1.54. The second kappa shape index (κ2) is 4.50. The standard InChI is InChI=1S/C7H9N3OS/c1-8-7(11)10-9-5-6-3-2-4-12-6/h2-5H,1H3,(H2,8,10,11)/b9-5+. The fourth-order valence-electron chi connectivity index (χ4n) is 0.575. The fourth-order valence-corrected chi connectivity index (χ4v) is 1.16. The molecule has 4 nitrogen and oxygen atoms in total. The van der Waals surface area contributed by atoms with Crippen molar-refractivity contribution < 1.29 is 4.79 Å². The topological polar surface area (TPSA) is 53.5 Å². The molecular weight excluding hydrogens is 174 g/mol. The lowest BCUT2D eigenvalue weighted by Crippen LogP contribution is -2.28. The van der Waals surface area contributed by atoms with Gasteiger partial charge in [-0.1, -0.05) is 6.07 Å². The van der Waals surface area contributed by atoms with Crippen LogP contribution in [0.3, 0.4) is 0 Å². The molecule has 0 fully saturated rings. The van der Waals surface area contributed by atoms with Crippen molar-refractivity contribution in [2.75, 3.05) is 7.05 Å². The highest BCUT2D eigenvalue weighted by Crippen LogP contribution is 2.03. The summed E-state index contributed by atoms with van der Waals surface area (Å²) >= 11 is 1.56. The minimum atomic E-state index is -0.317. The van der Waals surface area contributed by atoms with Crippen LogP contribution in [0.1, 0.15) is 4.88 Å². The van der Waals surface area contributed by atoms with E-state index in [2.05, 4.69) is 15.8 Å². The van der Waals surface area contributed by atoms with Gasteiger partial charge in [-0.05, 0) is 11.4 Å². The molecule has 0 aromatic carbocycles. The number of carbonyl (C=O) groups is 1. The Morgan fingerprint density at radius 2 is 2.58 bits per heavy atom. The zero-order valence-corrected chi connectivity index (χ0v) is 7.39. The predicted octanol–water partition coefficient (Wildman–Crippen LogP) is 1.01. The van der Waals surface area contributed by atoms with E-state index in [0.717, 1.165) is 4.88 Å². The molecule has 64 valence electrons. The Kier molecular flexibility index (Phi) is 3.28. The van der Waals surface area contributed by atoms with Gasteiger partial charge < -0.3 is 5.32 Å². The number of hydrogen-bond acceptors (Lipinski definition) is 3. The first-order valence-corrected chi connectivity index (χ1v) is 4.25. The van der Waals surface area contributed by atoms with E-state index in [0.29, 0.717) is 0 Å². The Morgan fingerprint density at radius 3 is 3.17 bits per heavy atom. The van der Waals surface area contributed by atoms with Crippen LogP contribution in [0.4, 0.5) is 4.79 Å². The minimum absolute atomic E-state index is 0.317. The molecule has 0 atom stereocenters. The lowest BCUT2D eigenvalue weighted by Gasteiger charge is -1.94. The van der Waals surface area contributed by atoms with Gasteiger partial charge in [0.2, 0.25) is 0 Å². The molecule has 0 unspecified atom stereocenters. The van der Waals surface area contributed by atoms with E-state index in [4.69, 9.17) is 0 Å². The summed E-state index contributed by atoms with van der Waals surface area (Å²) in [6, 6.07) is 3.52. The summed E-state index contributed by atoms with van der Waals surface area (Å²) in [5.41, 5.74) is 2.30. The molecule has 1 aromatic rings. The third kappa shape index (κ3) is 2.71. The lowest BCUT2D eigenvalue weighted by atomic mass is 10.5. The molecular formula is C7H9N3OS. The zero-order chi connectivity index (χ0) is 8.81. The van der Waals surface area contributed by atoms with Crippen LogP contribution < -0.4 is 10.7 Å². The van der Waals surface area contributed by atoms with Crippen molar-refractivity contribution >= 4 is 23.6 Å². The van der Waals surface area contributed by atoms with Gasteiger partial charge in [-0.15, -0.1) is 11.3 Å². The summed E-state index contributed by atoms with van der Waals surface area (Å²) < 4.78 is 0. The maximum Gasteiger partial charge on any atom is 0.334 e. The Hall–Kier alpha value is -1.36. The van der Waals surface area contributed by atoms with Gasteiger partial charge in [-0.2, -0.15) is 5.10 Å². The van der Waals surface area contributed by atoms with Crippen molar-refractivity contribution in [2.24, 2.45) is 5.10 Å². The summed E-state index contributed by atoms with van der Waals surface area (Å²) in [4.78, 5) is 11.6. The van der Waals surface area contributed by atoms with Crippen LogP contribution in [0.15, 0.2) is 22.6 Å². The number of nitrogens with one attached hydrogen (secondary N) is 2. The SMILES string of the molecule is CNC(=O)N/N=C/c1cccs1. The minimum Gasteiger partial charge on any atom is -0.340 e. The Balaban J connectivity index is 2.37. The van der Waals surface area contributed by atoms with Gasteiger partial charge in [-0.25, -0.2) is 10.2 Å². The monoisotopic (exact) mass is 183 g/mol. The Labute approximate surface area is 74.3 Å². The maximum absolute atomic E-state index is 10.6. The van der Waals surface area contributed by atoms with Gasteiger partial charge in [0.25, 0.3) is 0 Å². The highest BCUT2D eigenvalue weighted by molar-refractivity contribution is 7.11. The highest BCUT2D eigenvalue weighted by atomic mass is 32.1. The number of carbonyl (C=O) groups excluding carboxylic acids is 1. The van der Waals surface area contributed by atoms with E-state index in [1.165, 1.54) is 7.05 Å². The van der Waals surface area contributed by atoms with Crippen LogP contribution >= 0.6 is 11.3 Å². The quantitative estimate of drug-likeness (QED) is 0.522. The molecule has 2 amide bonds. The van der Waals surface area contributed by atoms with Gasteiger partial charge in [0, 0.05) is 11.9 Å². The van der Waals surface area contributed by atoms with Crippen molar-refractivity contribution in [3.63, 3.8) is 0 Å². The molecule has 0 aliphatic carbocycles. The van der Waals surface area contributed by atoms with Crippen molar-refractivity contribution in [1.29, 1.82) is 0 Å². The molecule has 2 N–H and O–H groups in total. The third-order valence-corrected chi connectivity index (χ3v) is 1.94. The van der Waals surface area contributed by atoms with E-state index < -0.39 is 0 Å². The molecule has 1 heterocycles. The smallest absolute Gasteiger partial charge is 0.334 e. The van der Waals surface area contributed by atoms with E-state index >= 15 is 0 Å². The largest absolute Gasteiger partial charge is 0.340 e. The number of hydrazone groups is 1. The summed E-state index contributed by atoms with van der Waals surface area (Å²) in [6.07, 6.45) is 1.60. The molecule has 1 aromatic heterocycles. The zero-order valence-electron chi connectivity index (χ0n) is 6.57. The van der Waals surface area contributed by atoms with E-state index in [9.17, 15) is 4.79 Å². The number of nitrogens with zero attached hydrogens (tertiary/aromatic N) is 1. The number of rotatable bonds is 2. The second-order valence-corrected chi connectivity index (χ2v) is 2.94. The van der Waals surface area contributed by atoms with Crippen LogP contribution in [0, 0.1) is 0 Å². The fraction of sp³-hybridized carbons (Fsp3) is 0.143. The van der Waals surface area contributed by atoms with E-state index in [1.807, 2.05) is 17.5 Å². The van der Waals surface area contributed by atoms with Crippen molar-refractivity contribution in [2.45, 2.75) is 0 Å². The van der Waals surface area contributed by atoms with Gasteiger partial charge in [0.15, 0.2) is 0 Å². The first-order valence-electron chi connectivity index (χ1n) is 3.37. The summed E-state index contributed by atoms with van der Waals surface area (Å²) in [5.74, 6) is 0. The number of thiophene rings is 1. The molecule has 0 aliphatic rings. The van der Waals surface area contributed by atoms with Gasteiger partial charge in [-0.3, -0.25) is 0 Å². The van der Waals surface area contributed by atoms with Gasteiger partial charge in [0.1, 0.15) is 0 Å². The highest BCUT2D eigenvalue weighted by Gasteiger charge is 1.90. The lowest BCUT2D eigenvalue weighted by molar-refractivity contribution is 0.243. The molecule has 0 aliphatic heterocycles. The van der Waals surface area contributed by atoms with Crippen molar-refractivity contribution in [1.82, 2.24) is 10.7 Å². The van der Waals surface area contributed by atoms with Crippen LogP contribution in [0.5, 0.6) is 0 Å². The molecule has 0 bridgehead atoms. The molecule has 1 rings (SSSR count). The van der Waals surface area contributed by atoms with Gasteiger partial charge >= 0.3 is 6.03 Å². The maximum atomic E-state index is 10.6. The van der Waals surface area contributed by atoms with Crippen molar-refractivity contribution in [3.05, 3.63) is 22.4 Å². The molecule has 0 radical (unpaired) electrons. The predicted molar refractivity (Wildman–Crippen MR) is 49.5 cm³/mol. The first-order chi connectivity index (χ1) is 5.83. The normalized spacial score (nSPS) is 10.1. The van der Waals surface area contributed by atoms with E-state index in [1.54, 1.807) is 17.6 Å². The third-order valence-electron chi connectivity index (χ3n) is 1.13. The molecule has 0 saturated carbocycles. The van der Waals surface area contributed by atoms with Crippen molar-refractivity contribution in [3.8, 4) is 0 Å². The molecule has 12 heavy (non-hydrogen) atoms. The second-order valence-electron chi connectivity index (χ2n) is 1.96. The Morgan fingerprint density at radius 1 is 1.75 bits per heavy atom. The Bertz CT molecular complexity index is 268. The molecule has 5 heteroatoms. The van der Waals surface area contributed by atoms with Gasteiger partial charge in [0.05, 0.1) is 6.21 Å². The van der Waals surface area contributed by atoms with Crippen LogP contribution in [0.2, 0.25) is 0 Å². The summed E-state index contributed by atoms with van der Waals surface area (Å²) in [6.45, 7) is 0. The number of hydrogen-bond donors (Lipinski definition) is 2. The van der Waals surface area contributed by atoms with Crippen LogP contribution in [-0.2, 0) is 0 Å². The van der Waals surface area contributed by atoms with Crippen LogP contribution in [0.25, 0.3) is 0 Å². The molecule has 0 saturated heterocycles. The average molecular weight is 183 g/mol. The van der Waals surface area contributed by atoms with E-state index in [-0.39, 0.29) is 6.03 Å². The first kappa shape index (κ1) is 8.73. The molecule has 0 spiro atoms. The number of urea groups is 1. The van der Waals surface area contributed by atoms with Crippen LogP contribution in [-0.4, -0.2) is 19.3 Å². The summed E-state index contributed by atoms with van der Waals surface area (Å²) in [5, 5.41) is 8.04. The average Bonchev–Trinajstić information content (AvgIpc) is 2.57. The number of amides is 2.